The Bertz CT molecular complexity index is 226. The zero-order chi connectivity index (χ0) is 12.3. The van der Waals surface area contributed by atoms with Gasteiger partial charge >= 0.3 is 0 Å². The minimum absolute atomic E-state index is 0.153. The molecule has 0 spiro atoms. The molecule has 2 rings (SSSR count). The third kappa shape index (κ3) is 3.67. The van der Waals surface area contributed by atoms with Crippen LogP contribution in [0, 0.1) is 5.92 Å². The van der Waals surface area contributed by atoms with Gasteiger partial charge in [0.25, 0.3) is 0 Å². The lowest BCUT2D eigenvalue weighted by Crippen LogP contribution is -2.39. The van der Waals surface area contributed by atoms with Crippen LogP contribution in [0.25, 0.3) is 0 Å². The van der Waals surface area contributed by atoms with Crippen molar-refractivity contribution in [2.75, 3.05) is 19.6 Å². The van der Waals surface area contributed by atoms with E-state index >= 15 is 0 Å². The molecule has 0 amide bonds. The number of hydrogen-bond acceptors (Lipinski definition) is 3. The first-order chi connectivity index (χ1) is 8.16. The highest BCUT2D eigenvalue weighted by atomic mass is 16.3. The molecule has 3 heteroatoms. The first kappa shape index (κ1) is 13.3. The summed E-state index contributed by atoms with van der Waals surface area (Å²) in [4.78, 5) is 2.48. The van der Waals surface area contributed by atoms with Crippen molar-refractivity contribution in [3.05, 3.63) is 0 Å². The van der Waals surface area contributed by atoms with Crippen LogP contribution in [0.15, 0.2) is 0 Å². The van der Waals surface area contributed by atoms with E-state index < -0.39 is 0 Å². The SMILES string of the molecule is CC(C)N1CCC(C(O)CNC2CCCC2)C1. The van der Waals surface area contributed by atoms with Crippen molar-refractivity contribution in [1.29, 1.82) is 0 Å². The highest BCUT2D eigenvalue weighted by molar-refractivity contribution is 4.84. The summed E-state index contributed by atoms with van der Waals surface area (Å²) in [6.45, 7) is 7.51. The minimum Gasteiger partial charge on any atom is -0.391 e. The van der Waals surface area contributed by atoms with Gasteiger partial charge in [0.1, 0.15) is 0 Å². The highest BCUT2D eigenvalue weighted by Gasteiger charge is 2.29. The minimum atomic E-state index is -0.153. The fraction of sp³-hybridized carbons (Fsp3) is 1.00. The first-order valence-corrected chi connectivity index (χ1v) is 7.32. The number of nitrogens with zero attached hydrogens (tertiary/aromatic N) is 1. The van der Waals surface area contributed by atoms with E-state index in [4.69, 9.17) is 0 Å². The zero-order valence-corrected chi connectivity index (χ0v) is 11.4. The van der Waals surface area contributed by atoms with Crippen molar-refractivity contribution in [2.45, 2.75) is 64.1 Å². The molecule has 1 aliphatic heterocycles. The predicted molar refractivity (Wildman–Crippen MR) is 71.1 cm³/mol. The van der Waals surface area contributed by atoms with E-state index in [1.54, 1.807) is 0 Å². The number of likely N-dealkylation sites (tertiary alicyclic amines) is 1. The predicted octanol–water partition coefficient (Wildman–Crippen LogP) is 1.61. The number of rotatable bonds is 5. The highest BCUT2D eigenvalue weighted by Crippen LogP contribution is 2.22. The van der Waals surface area contributed by atoms with Crippen LogP contribution in [-0.4, -0.2) is 47.8 Å². The molecule has 100 valence electrons. The van der Waals surface area contributed by atoms with Crippen LogP contribution in [0.5, 0.6) is 0 Å². The van der Waals surface area contributed by atoms with Gasteiger partial charge in [-0.25, -0.2) is 0 Å². The molecule has 1 heterocycles. The Hall–Kier alpha value is -0.120. The second-order valence-electron chi connectivity index (χ2n) is 6.09. The average molecular weight is 240 g/mol. The van der Waals surface area contributed by atoms with Crippen molar-refractivity contribution >= 4 is 0 Å². The van der Waals surface area contributed by atoms with Gasteiger partial charge in [0.05, 0.1) is 6.10 Å². The van der Waals surface area contributed by atoms with Gasteiger partial charge in [0.15, 0.2) is 0 Å². The van der Waals surface area contributed by atoms with Crippen LogP contribution in [-0.2, 0) is 0 Å². The quantitative estimate of drug-likeness (QED) is 0.766. The van der Waals surface area contributed by atoms with Gasteiger partial charge in [0.2, 0.25) is 0 Å². The van der Waals surface area contributed by atoms with E-state index in [0.29, 0.717) is 18.0 Å². The molecule has 17 heavy (non-hydrogen) atoms. The lowest BCUT2D eigenvalue weighted by molar-refractivity contribution is 0.103. The summed E-state index contributed by atoms with van der Waals surface area (Å²) in [6, 6.07) is 1.29. The summed E-state index contributed by atoms with van der Waals surface area (Å²) in [5, 5.41) is 13.8. The van der Waals surface area contributed by atoms with Gasteiger partial charge < -0.3 is 15.3 Å². The van der Waals surface area contributed by atoms with Gasteiger partial charge in [-0.05, 0) is 39.7 Å². The van der Waals surface area contributed by atoms with Crippen molar-refractivity contribution in [2.24, 2.45) is 5.92 Å². The van der Waals surface area contributed by atoms with Crippen LogP contribution >= 0.6 is 0 Å². The van der Waals surface area contributed by atoms with Gasteiger partial charge in [-0.3, -0.25) is 0 Å². The molecule has 0 bridgehead atoms. The molecule has 0 aromatic heterocycles. The molecule has 1 saturated heterocycles. The average Bonchev–Trinajstić information content (AvgIpc) is 2.96. The Balaban J connectivity index is 1.67. The maximum atomic E-state index is 10.2. The molecular formula is C14H28N2O. The summed E-state index contributed by atoms with van der Waals surface area (Å²) in [5.41, 5.74) is 0. The standard InChI is InChI=1S/C14H28N2O/c1-11(2)16-8-7-12(10-16)14(17)9-15-13-5-3-4-6-13/h11-15,17H,3-10H2,1-2H3. The van der Waals surface area contributed by atoms with Gasteiger partial charge in [-0.1, -0.05) is 12.8 Å². The van der Waals surface area contributed by atoms with E-state index in [0.717, 1.165) is 26.1 Å². The molecule has 2 aliphatic rings. The number of aliphatic hydroxyl groups is 1. The second kappa shape index (κ2) is 6.17. The lowest BCUT2D eigenvalue weighted by Gasteiger charge is -2.23. The Kier molecular flexibility index (Phi) is 4.83. The summed E-state index contributed by atoms with van der Waals surface area (Å²) < 4.78 is 0. The normalized spacial score (nSPS) is 29.3. The van der Waals surface area contributed by atoms with Crippen molar-refractivity contribution in [3.63, 3.8) is 0 Å². The zero-order valence-electron chi connectivity index (χ0n) is 11.4. The van der Waals surface area contributed by atoms with E-state index in [2.05, 4.69) is 24.1 Å². The van der Waals surface area contributed by atoms with Crippen molar-refractivity contribution < 1.29 is 5.11 Å². The monoisotopic (exact) mass is 240 g/mol. The third-order valence-electron chi connectivity index (χ3n) is 4.50. The molecule has 3 nitrogen and oxygen atoms in total. The second-order valence-corrected chi connectivity index (χ2v) is 6.09. The summed E-state index contributed by atoms with van der Waals surface area (Å²) in [5.74, 6) is 0.478. The fourth-order valence-electron chi connectivity index (χ4n) is 3.18. The largest absolute Gasteiger partial charge is 0.391 e. The molecule has 0 radical (unpaired) electrons. The van der Waals surface area contributed by atoms with Crippen LogP contribution < -0.4 is 5.32 Å². The van der Waals surface area contributed by atoms with E-state index in [-0.39, 0.29) is 6.10 Å². The third-order valence-corrected chi connectivity index (χ3v) is 4.50. The Morgan fingerprint density at radius 3 is 2.53 bits per heavy atom. The number of nitrogens with one attached hydrogen (secondary N) is 1. The van der Waals surface area contributed by atoms with Crippen LogP contribution in [0.3, 0.4) is 0 Å². The van der Waals surface area contributed by atoms with E-state index in [1.165, 1.54) is 25.7 Å². The Morgan fingerprint density at radius 1 is 1.24 bits per heavy atom. The van der Waals surface area contributed by atoms with E-state index in [9.17, 15) is 5.11 Å². The number of hydrogen-bond donors (Lipinski definition) is 2. The Labute approximate surface area is 106 Å². The van der Waals surface area contributed by atoms with Crippen molar-refractivity contribution in [3.8, 4) is 0 Å². The van der Waals surface area contributed by atoms with E-state index in [1.807, 2.05) is 0 Å². The molecule has 2 atom stereocenters. The maximum Gasteiger partial charge on any atom is 0.0705 e. The summed E-state index contributed by atoms with van der Waals surface area (Å²) in [7, 11) is 0. The molecule has 2 unspecified atom stereocenters. The van der Waals surface area contributed by atoms with Gasteiger partial charge in [-0.2, -0.15) is 0 Å². The topological polar surface area (TPSA) is 35.5 Å². The molecule has 0 aromatic carbocycles. The van der Waals surface area contributed by atoms with Gasteiger partial charge in [0, 0.05) is 31.1 Å². The van der Waals surface area contributed by atoms with Crippen molar-refractivity contribution in [1.82, 2.24) is 10.2 Å². The molecule has 1 aliphatic carbocycles. The Morgan fingerprint density at radius 2 is 1.94 bits per heavy atom. The summed E-state index contributed by atoms with van der Waals surface area (Å²) in [6.07, 6.45) is 6.33. The smallest absolute Gasteiger partial charge is 0.0705 e. The van der Waals surface area contributed by atoms with Gasteiger partial charge in [-0.15, -0.1) is 0 Å². The molecule has 0 aromatic rings. The molecule has 2 N–H and O–H groups in total. The summed E-state index contributed by atoms with van der Waals surface area (Å²) >= 11 is 0. The molecule has 1 saturated carbocycles. The van der Waals surface area contributed by atoms with Crippen LogP contribution in [0.4, 0.5) is 0 Å². The fourth-order valence-corrected chi connectivity index (χ4v) is 3.18. The lowest BCUT2D eigenvalue weighted by atomic mass is 10.0. The number of aliphatic hydroxyl groups excluding tert-OH is 1. The molecule has 2 fully saturated rings. The van der Waals surface area contributed by atoms with Crippen LogP contribution in [0.1, 0.15) is 46.0 Å². The maximum absolute atomic E-state index is 10.2. The molecular weight excluding hydrogens is 212 g/mol. The van der Waals surface area contributed by atoms with Crippen LogP contribution in [0.2, 0.25) is 0 Å². The first-order valence-electron chi connectivity index (χ1n) is 7.32.